The Labute approximate surface area is 173 Å². The van der Waals surface area contributed by atoms with E-state index in [1.165, 1.54) is 4.88 Å². The maximum Gasteiger partial charge on any atom is 0.410 e. The van der Waals surface area contributed by atoms with Crippen LogP contribution >= 0.6 is 11.3 Å². The number of rotatable bonds is 5. The van der Waals surface area contributed by atoms with E-state index in [0.29, 0.717) is 5.92 Å². The first kappa shape index (κ1) is 22.5. The molecule has 0 radical (unpaired) electrons. The van der Waals surface area contributed by atoms with Gasteiger partial charge in [0.1, 0.15) is 5.60 Å². The number of thiazole rings is 1. The number of guanidine groups is 1. The number of nitrogens with one attached hydrogen (secondary N) is 2. The van der Waals surface area contributed by atoms with Gasteiger partial charge in [-0.3, -0.25) is 4.99 Å². The van der Waals surface area contributed by atoms with Crippen LogP contribution in [-0.4, -0.2) is 60.8 Å². The molecule has 1 aromatic rings. The molecule has 1 aliphatic heterocycles. The topological polar surface area (TPSA) is 78.9 Å². The van der Waals surface area contributed by atoms with Crippen LogP contribution in [0.15, 0.2) is 4.99 Å². The van der Waals surface area contributed by atoms with Crippen molar-refractivity contribution in [3.05, 3.63) is 15.6 Å². The number of hydrogen-bond acceptors (Lipinski definition) is 5. The van der Waals surface area contributed by atoms with E-state index in [-0.39, 0.29) is 6.09 Å². The van der Waals surface area contributed by atoms with Gasteiger partial charge in [0.2, 0.25) is 0 Å². The molecule has 28 heavy (non-hydrogen) atoms. The highest BCUT2D eigenvalue weighted by atomic mass is 32.1. The molecule has 1 fully saturated rings. The summed E-state index contributed by atoms with van der Waals surface area (Å²) in [5.74, 6) is 1.35. The lowest BCUT2D eigenvalue weighted by molar-refractivity contribution is 0.0185. The third-order valence-corrected chi connectivity index (χ3v) is 5.88. The van der Waals surface area contributed by atoms with Crippen LogP contribution in [0.25, 0.3) is 0 Å². The highest BCUT2D eigenvalue weighted by molar-refractivity contribution is 7.11. The van der Waals surface area contributed by atoms with E-state index in [4.69, 9.17) is 4.74 Å². The molecule has 2 N–H and O–H groups in total. The summed E-state index contributed by atoms with van der Waals surface area (Å²) >= 11 is 1.76. The van der Waals surface area contributed by atoms with Crippen molar-refractivity contribution < 1.29 is 9.53 Å². The molecule has 2 heterocycles. The second-order valence-electron chi connectivity index (χ2n) is 8.29. The van der Waals surface area contributed by atoms with Crippen LogP contribution in [-0.2, 0) is 11.2 Å². The minimum Gasteiger partial charge on any atom is -0.444 e. The number of carbonyl (C=O) groups is 1. The van der Waals surface area contributed by atoms with Crippen LogP contribution in [0.5, 0.6) is 0 Å². The third kappa shape index (κ3) is 7.30. The van der Waals surface area contributed by atoms with Gasteiger partial charge in [-0.2, -0.15) is 0 Å². The van der Waals surface area contributed by atoms with Gasteiger partial charge in [-0.15, -0.1) is 11.3 Å². The first-order chi connectivity index (χ1) is 13.2. The summed E-state index contributed by atoms with van der Waals surface area (Å²) in [5.41, 5.74) is 0.684. The SMILES string of the molecule is CN=C(NCCc1nc(C)c(C)s1)NCC1CCN(C(=O)OC(C)(C)C)CC1. The van der Waals surface area contributed by atoms with Gasteiger partial charge >= 0.3 is 6.09 Å². The van der Waals surface area contributed by atoms with Gasteiger partial charge in [-0.1, -0.05) is 0 Å². The van der Waals surface area contributed by atoms with Crippen molar-refractivity contribution in [1.29, 1.82) is 0 Å². The Bertz CT molecular complexity index is 653. The predicted molar refractivity (Wildman–Crippen MR) is 115 cm³/mol. The number of aryl methyl sites for hydroxylation is 2. The molecule has 1 aliphatic rings. The molecule has 0 atom stereocenters. The van der Waals surface area contributed by atoms with E-state index >= 15 is 0 Å². The molecule has 0 saturated carbocycles. The van der Waals surface area contributed by atoms with E-state index in [1.807, 2.05) is 25.7 Å². The van der Waals surface area contributed by atoms with Crippen molar-refractivity contribution in [2.24, 2.45) is 10.9 Å². The molecule has 0 spiro atoms. The highest BCUT2D eigenvalue weighted by Gasteiger charge is 2.26. The Kier molecular flexibility index (Phi) is 8.10. The van der Waals surface area contributed by atoms with Crippen molar-refractivity contribution in [2.45, 2.75) is 59.5 Å². The summed E-state index contributed by atoms with van der Waals surface area (Å²) in [7, 11) is 1.79. The Hall–Kier alpha value is -1.83. The maximum atomic E-state index is 12.1. The van der Waals surface area contributed by atoms with Crippen LogP contribution in [0.1, 0.15) is 49.2 Å². The Morgan fingerprint density at radius 3 is 2.50 bits per heavy atom. The molecule has 158 valence electrons. The number of nitrogens with zero attached hydrogens (tertiary/aromatic N) is 3. The van der Waals surface area contributed by atoms with Gasteiger partial charge in [0, 0.05) is 44.5 Å². The molecular formula is C20H35N5O2S. The van der Waals surface area contributed by atoms with Crippen LogP contribution < -0.4 is 10.6 Å². The Morgan fingerprint density at radius 2 is 1.96 bits per heavy atom. The van der Waals surface area contributed by atoms with Crippen molar-refractivity contribution in [3.8, 4) is 0 Å². The zero-order chi connectivity index (χ0) is 20.7. The lowest BCUT2D eigenvalue weighted by atomic mass is 9.97. The number of aliphatic imine (C=N–C) groups is 1. The molecule has 1 amide bonds. The fraction of sp³-hybridized carbons (Fsp3) is 0.750. The summed E-state index contributed by atoms with van der Waals surface area (Å²) in [6, 6.07) is 0. The van der Waals surface area contributed by atoms with Gasteiger partial charge < -0.3 is 20.3 Å². The molecule has 8 heteroatoms. The highest BCUT2D eigenvalue weighted by Crippen LogP contribution is 2.19. The average molecular weight is 410 g/mol. The molecule has 2 rings (SSSR count). The molecule has 0 aliphatic carbocycles. The average Bonchev–Trinajstić information content (AvgIpc) is 2.94. The van der Waals surface area contributed by atoms with Crippen molar-refractivity contribution in [1.82, 2.24) is 20.5 Å². The van der Waals surface area contributed by atoms with Gasteiger partial charge in [-0.25, -0.2) is 9.78 Å². The number of amides is 1. The maximum absolute atomic E-state index is 12.1. The monoisotopic (exact) mass is 409 g/mol. The van der Waals surface area contributed by atoms with E-state index < -0.39 is 5.60 Å². The van der Waals surface area contributed by atoms with E-state index in [0.717, 1.165) is 62.1 Å². The molecule has 0 unspecified atom stereocenters. The molecule has 1 aromatic heterocycles. The second-order valence-corrected chi connectivity index (χ2v) is 9.58. The number of piperidine rings is 1. The van der Waals surface area contributed by atoms with Crippen LogP contribution in [0.3, 0.4) is 0 Å². The van der Waals surface area contributed by atoms with E-state index in [1.54, 1.807) is 18.4 Å². The minimum absolute atomic E-state index is 0.205. The predicted octanol–water partition coefficient (Wildman–Crippen LogP) is 3.11. The number of carbonyl (C=O) groups excluding carboxylic acids is 1. The first-order valence-corrected chi connectivity index (χ1v) is 10.8. The van der Waals surface area contributed by atoms with E-state index in [9.17, 15) is 4.79 Å². The summed E-state index contributed by atoms with van der Waals surface area (Å²) in [4.78, 5) is 24.1. The third-order valence-electron chi connectivity index (χ3n) is 4.75. The summed E-state index contributed by atoms with van der Waals surface area (Å²) in [6.45, 7) is 13.0. The minimum atomic E-state index is -0.441. The number of likely N-dealkylation sites (tertiary alicyclic amines) is 1. The quantitative estimate of drug-likeness (QED) is 0.577. The fourth-order valence-electron chi connectivity index (χ4n) is 3.04. The first-order valence-electron chi connectivity index (χ1n) is 10.0. The molecule has 0 aromatic carbocycles. The van der Waals surface area contributed by atoms with Crippen molar-refractivity contribution >= 4 is 23.4 Å². The second kappa shape index (κ2) is 10.1. The van der Waals surface area contributed by atoms with Crippen LogP contribution in [0, 0.1) is 19.8 Å². The standard InChI is InChI=1S/C20H35N5O2S/c1-14-15(2)28-17(24-14)7-10-22-18(21-6)23-13-16-8-11-25(12-9-16)19(26)27-20(3,4)5/h16H,7-13H2,1-6H3,(H2,21,22,23). The number of aromatic nitrogens is 1. The van der Waals surface area contributed by atoms with Gasteiger partial charge in [0.25, 0.3) is 0 Å². The summed E-state index contributed by atoms with van der Waals surface area (Å²) in [5, 5.41) is 7.93. The summed E-state index contributed by atoms with van der Waals surface area (Å²) < 4.78 is 5.46. The smallest absolute Gasteiger partial charge is 0.410 e. The lowest BCUT2D eigenvalue weighted by Gasteiger charge is -2.33. The number of ether oxygens (including phenoxy) is 1. The molecule has 7 nitrogen and oxygen atoms in total. The van der Waals surface area contributed by atoms with Crippen LogP contribution in [0.4, 0.5) is 4.79 Å². The fourth-order valence-corrected chi connectivity index (χ4v) is 3.98. The van der Waals surface area contributed by atoms with E-state index in [2.05, 4.69) is 34.5 Å². The largest absolute Gasteiger partial charge is 0.444 e. The zero-order valence-electron chi connectivity index (χ0n) is 18.1. The van der Waals surface area contributed by atoms with Crippen LogP contribution in [0.2, 0.25) is 0 Å². The molecule has 0 bridgehead atoms. The zero-order valence-corrected chi connectivity index (χ0v) is 18.9. The number of hydrogen-bond donors (Lipinski definition) is 2. The molecule has 1 saturated heterocycles. The van der Waals surface area contributed by atoms with Crippen molar-refractivity contribution in [2.75, 3.05) is 33.2 Å². The lowest BCUT2D eigenvalue weighted by Crippen LogP contribution is -2.45. The van der Waals surface area contributed by atoms with Gasteiger partial charge in [-0.05, 0) is 53.4 Å². The normalized spacial score (nSPS) is 16.2. The van der Waals surface area contributed by atoms with Gasteiger partial charge in [0.15, 0.2) is 5.96 Å². The Morgan fingerprint density at radius 1 is 1.29 bits per heavy atom. The van der Waals surface area contributed by atoms with Gasteiger partial charge in [0.05, 0.1) is 10.7 Å². The van der Waals surface area contributed by atoms with Crippen molar-refractivity contribution in [3.63, 3.8) is 0 Å². The Balaban J connectivity index is 1.66. The molecular weight excluding hydrogens is 374 g/mol. The summed E-state index contributed by atoms with van der Waals surface area (Å²) in [6.07, 6.45) is 2.64.